The molecule has 4 N–H and O–H groups in total. The average molecular weight is 668 g/mol. The zero-order valence-corrected chi connectivity index (χ0v) is 30.1. The van der Waals surface area contributed by atoms with E-state index in [2.05, 4.69) is 55.6 Å². The Kier molecular flexibility index (Phi) is 30.6. The van der Waals surface area contributed by atoms with E-state index in [1.807, 2.05) is 0 Å². The van der Waals surface area contributed by atoms with Crippen molar-refractivity contribution >= 4 is 16.0 Å². The number of unbranched alkanes of at least 4 members (excludes halogenated alkanes) is 17. The number of hydrogen-bond acceptors (Lipinski definition) is 5. The SMILES string of the molecule is CCCCCC/C=C\CCCCCCCCC(O)C(=O)NC(CS(=O)(=O)O)C(O)/C=C/CC/C=C/CC/C=C/CCCCCCC. The summed E-state index contributed by atoms with van der Waals surface area (Å²) in [5.41, 5.74) is 0. The standard InChI is InChI=1S/C38H69NO6S/c1-3-5-7-9-11-13-15-17-19-21-22-24-26-28-30-32-36(40)35(34-46(43,44)45)39-38(42)37(41)33-31-29-27-25-23-20-18-16-14-12-10-8-6-4-2/h14-17,22,24,30,32,35-37,40-41H,3-13,18-21,23,25-29,31,33-34H2,1-2H3,(H,39,42)(H,43,44,45)/b16-14-,17-15+,24-22+,32-30+. The van der Waals surface area contributed by atoms with Crippen molar-refractivity contribution in [3.05, 3.63) is 48.6 Å². The molecular formula is C38H69NO6S. The number of aliphatic hydroxyl groups is 2. The minimum absolute atomic E-state index is 0.262. The summed E-state index contributed by atoms with van der Waals surface area (Å²) in [6.45, 7) is 4.46. The highest BCUT2D eigenvalue weighted by Gasteiger charge is 2.27. The minimum Gasteiger partial charge on any atom is -0.387 e. The van der Waals surface area contributed by atoms with Crippen molar-refractivity contribution in [3.8, 4) is 0 Å². The molecule has 0 aliphatic rings. The summed E-state index contributed by atoms with van der Waals surface area (Å²) in [5, 5.41) is 23.3. The van der Waals surface area contributed by atoms with E-state index < -0.39 is 40.0 Å². The third-order valence-electron chi connectivity index (χ3n) is 8.06. The van der Waals surface area contributed by atoms with Crippen LogP contribution in [0.5, 0.6) is 0 Å². The first-order valence-corrected chi connectivity index (χ1v) is 20.1. The molecule has 0 heterocycles. The highest BCUT2D eigenvalue weighted by molar-refractivity contribution is 7.85. The van der Waals surface area contributed by atoms with Gasteiger partial charge in [-0.05, 0) is 70.6 Å². The van der Waals surface area contributed by atoms with Gasteiger partial charge in [0.15, 0.2) is 0 Å². The fourth-order valence-electron chi connectivity index (χ4n) is 5.19. The van der Waals surface area contributed by atoms with Crippen molar-refractivity contribution in [2.75, 3.05) is 5.75 Å². The van der Waals surface area contributed by atoms with Gasteiger partial charge in [0.2, 0.25) is 5.91 Å². The molecule has 0 aromatic carbocycles. The normalized spacial score (nSPS) is 14.6. The van der Waals surface area contributed by atoms with Gasteiger partial charge in [-0.3, -0.25) is 9.35 Å². The van der Waals surface area contributed by atoms with Gasteiger partial charge in [0, 0.05) is 0 Å². The molecule has 8 heteroatoms. The molecule has 46 heavy (non-hydrogen) atoms. The molecule has 0 aromatic rings. The lowest BCUT2D eigenvalue weighted by Gasteiger charge is -2.22. The smallest absolute Gasteiger partial charge is 0.267 e. The molecule has 0 rings (SSSR count). The van der Waals surface area contributed by atoms with Crippen molar-refractivity contribution in [3.63, 3.8) is 0 Å². The first-order valence-electron chi connectivity index (χ1n) is 18.4. The second-order valence-corrected chi connectivity index (χ2v) is 14.1. The molecule has 0 aromatic heterocycles. The summed E-state index contributed by atoms with van der Waals surface area (Å²) in [7, 11) is -4.45. The number of carbonyl (C=O) groups is 1. The van der Waals surface area contributed by atoms with E-state index in [0.29, 0.717) is 12.8 Å². The number of aliphatic hydroxyl groups excluding tert-OH is 2. The van der Waals surface area contributed by atoms with E-state index in [1.165, 1.54) is 83.1 Å². The Labute approximate surface area is 282 Å². The second-order valence-electron chi connectivity index (χ2n) is 12.6. The molecule has 3 unspecified atom stereocenters. The molecule has 268 valence electrons. The summed E-state index contributed by atoms with van der Waals surface area (Å²) in [6, 6.07) is -1.26. The van der Waals surface area contributed by atoms with Gasteiger partial charge in [-0.2, -0.15) is 8.42 Å². The second kappa shape index (κ2) is 31.8. The first-order chi connectivity index (χ1) is 22.2. The van der Waals surface area contributed by atoms with Gasteiger partial charge in [-0.15, -0.1) is 0 Å². The van der Waals surface area contributed by atoms with Crippen LogP contribution in [0.15, 0.2) is 48.6 Å². The lowest BCUT2D eigenvalue weighted by molar-refractivity contribution is -0.130. The Bertz CT molecular complexity index is 927. The quantitative estimate of drug-likeness (QED) is 0.0322. The molecule has 0 aliphatic carbocycles. The molecule has 7 nitrogen and oxygen atoms in total. The molecule has 1 amide bonds. The number of amides is 1. The highest BCUT2D eigenvalue weighted by Crippen LogP contribution is 2.12. The van der Waals surface area contributed by atoms with E-state index in [4.69, 9.17) is 0 Å². The van der Waals surface area contributed by atoms with Crippen LogP contribution in [0.3, 0.4) is 0 Å². The molecule has 0 bridgehead atoms. The molecule has 0 fully saturated rings. The van der Waals surface area contributed by atoms with E-state index in [1.54, 1.807) is 6.08 Å². The van der Waals surface area contributed by atoms with E-state index >= 15 is 0 Å². The molecular weight excluding hydrogens is 598 g/mol. The van der Waals surface area contributed by atoms with Gasteiger partial charge >= 0.3 is 0 Å². The first kappa shape index (κ1) is 44.3. The van der Waals surface area contributed by atoms with Crippen LogP contribution < -0.4 is 5.32 Å². The summed E-state index contributed by atoms with van der Waals surface area (Å²) >= 11 is 0. The number of carbonyl (C=O) groups excluding carboxylic acids is 1. The maximum absolute atomic E-state index is 12.5. The summed E-state index contributed by atoms with van der Waals surface area (Å²) in [4.78, 5) is 12.5. The zero-order chi connectivity index (χ0) is 34.1. The van der Waals surface area contributed by atoms with Crippen molar-refractivity contribution < 1.29 is 28.0 Å². The van der Waals surface area contributed by atoms with Gasteiger partial charge in [-0.25, -0.2) is 0 Å². The van der Waals surface area contributed by atoms with Crippen molar-refractivity contribution in [2.45, 2.75) is 180 Å². The van der Waals surface area contributed by atoms with Crippen LogP contribution in [0.4, 0.5) is 0 Å². The minimum atomic E-state index is -4.45. The van der Waals surface area contributed by atoms with Crippen molar-refractivity contribution in [1.29, 1.82) is 0 Å². The third-order valence-corrected chi connectivity index (χ3v) is 8.84. The lowest BCUT2D eigenvalue weighted by Crippen LogP contribution is -2.50. The van der Waals surface area contributed by atoms with Gasteiger partial charge < -0.3 is 15.5 Å². The fourth-order valence-corrected chi connectivity index (χ4v) is 5.92. The topological polar surface area (TPSA) is 124 Å². The van der Waals surface area contributed by atoms with E-state index in [0.717, 1.165) is 51.4 Å². The van der Waals surface area contributed by atoms with Crippen LogP contribution in [0.25, 0.3) is 0 Å². The molecule has 0 saturated carbocycles. The third kappa shape index (κ3) is 30.9. The number of hydrogen-bond donors (Lipinski definition) is 4. The van der Waals surface area contributed by atoms with Gasteiger partial charge in [0.25, 0.3) is 10.1 Å². The average Bonchev–Trinajstić information content (AvgIpc) is 3.01. The van der Waals surface area contributed by atoms with Crippen LogP contribution in [-0.4, -0.2) is 53.1 Å². The molecule has 0 spiro atoms. The molecule has 0 aliphatic heterocycles. The van der Waals surface area contributed by atoms with Gasteiger partial charge in [0.1, 0.15) is 6.10 Å². The predicted octanol–water partition coefficient (Wildman–Crippen LogP) is 9.32. The van der Waals surface area contributed by atoms with Crippen molar-refractivity contribution in [2.24, 2.45) is 0 Å². The molecule has 0 saturated heterocycles. The maximum Gasteiger partial charge on any atom is 0.267 e. The summed E-state index contributed by atoms with van der Waals surface area (Å²) < 4.78 is 32.4. The largest absolute Gasteiger partial charge is 0.387 e. The Balaban J connectivity index is 4.22. The Morgan fingerprint density at radius 3 is 1.46 bits per heavy atom. The van der Waals surface area contributed by atoms with Gasteiger partial charge in [0.05, 0.1) is 17.9 Å². The Morgan fingerprint density at radius 1 is 0.587 bits per heavy atom. The van der Waals surface area contributed by atoms with E-state index in [-0.39, 0.29) is 6.42 Å². The number of nitrogens with one attached hydrogen (secondary N) is 1. The van der Waals surface area contributed by atoms with Crippen LogP contribution in [0, 0.1) is 0 Å². The molecule has 0 radical (unpaired) electrons. The Hall–Kier alpha value is -1.74. The predicted molar refractivity (Wildman–Crippen MR) is 194 cm³/mol. The lowest BCUT2D eigenvalue weighted by atomic mass is 10.0. The van der Waals surface area contributed by atoms with Crippen LogP contribution in [0.1, 0.15) is 162 Å². The van der Waals surface area contributed by atoms with Gasteiger partial charge in [-0.1, -0.05) is 140 Å². The van der Waals surface area contributed by atoms with Crippen molar-refractivity contribution in [1.82, 2.24) is 5.32 Å². The number of allylic oxidation sites excluding steroid dienone is 7. The maximum atomic E-state index is 12.5. The summed E-state index contributed by atoms with van der Waals surface area (Å²) in [6.07, 6.45) is 38.7. The Morgan fingerprint density at radius 2 is 0.978 bits per heavy atom. The number of rotatable bonds is 32. The monoisotopic (exact) mass is 667 g/mol. The molecule has 3 atom stereocenters. The highest BCUT2D eigenvalue weighted by atomic mass is 32.2. The van der Waals surface area contributed by atoms with Crippen LogP contribution in [0.2, 0.25) is 0 Å². The fraction of sp³-hybridized carbons (Fsp3) is 0.763. The zero-order valence-electron chi connectivity index (χ0n) is 29.3. The van der Waals surface area contributed by atoms with Crippen LogP contribution in [-0.2, 0) is 14.9 Å². The summed E-state index contributed by atoms with van der Waals surface area (Å²) in [5.74, 6) is -1.58. The van der Waals surface area contributed by atoms with Crippen LogP contribution >= 0.6 is 0 Å². The van der Waals surface area contributed by atoms with E-state index in [9.17, 15) is 28.0 Å².